The molecule has 0 radical (unpaired) electrons. The van der Waals surface area contributed by atoms with E-state index in [4.69, 9.17) is 0 Å². The molecular formula is C16H20N2O. The van der Waals surface area contributed by atoms with Gasteiger partial charge in [-0.1, -0.05) is 17.7 Å². The van der Waals surface area contributed by atoms with Gasteiger partial charge in [-0.2, -0.15) is 0 Å². The molecule has 19 heavy (non-hydrogen) atoms. The summed E-state index contributed by atoms with van der Waals surface area (Å²) in [6, 6.07) is 12.3. The monoisotopic (exact) mass is 256 g/mol. The van der Waals surface area contributed by atoms with Crippen molar-refractivity contribution in [2.45, 2.75) is 26.9 Å². The third-order valence-corrected chi connectivity index (χ3v) is 3.17. The van der Waals surface area contributed by atoms with Crippen molar-refractivity contribution < 1.29 is 5.11 Å². The molecule has 0 bridgehead atoms. The van der Waals surface area contributed by atoms with Crippen LogP contribution in [0.3, 0.4) is 0 Å². The van der Waals surface area contributed by atoms with Gasteiger partial charge in [-0.15, -0.1) is 0 Å². The molecule has 3 nitrogen and oxygen atoms in total. The number of hydrogen-bond acceptors (Lipinski definition) is 3. The first-order chi connectivity index (χ1) is 9.11. The molecule has 1 N–H and O–H groups in total. The number of aliphatic hydroxyl groups excluding tert-OH is 1. The van der Waals surface area contributed by atoms with E-state index < -0.39 is 6.10 Å². The van der Waals surface area contributed by atoms with Crippen LogP contribution in [0.4, 0.5) is 11.4 Å². The first kappa shape index (κ1) is 13.6. The maximum Gasteiger partial charge on any atom is 0.0931 e. The smallest absolute Gasteiger partial charge is 0.0931 e. The average Bonchev–Trinajstić information content (AvgIpc) is 2.42. The van der Waals surface area contributed by atoms with Gasteiger partial charge in [0, 0.05) is 12.2 Å². The fourth-order valence-corrected chi connectivity index (χ4v) is 2.04. The number of rotatable bonds is 4. The maximum absolute atomic E-state index is 9.48. The minimum absolute atomic E-state index is 0.525. The fourth-order valence-electron chi connectivity index (χ4n) is 2.04. The predicted octanol–water partition coefficient (Wildman–Crippen LogP) is 3.60. The molecule has 0 amide bonds. The lowest BCUT2D eigenvalue weighted by atomic mass is 10.2. The van der Waals surface area contributed by atoms with Crippen molar-refractivity contribution in [1.29, 1.82) is 0 Å². The Morgan fingerprint density at radius 3 is 2.21 bits per heavy atom. The molecule has 1 atom stereocenters. The van der Waals surface area contributed by atoms with Crippen LogP contribution in [-0.2, 0) is 0 Å². The Bertz CT molecular complexity index is 517. The zero-order chi connectivity index (χ0) is 13.8. The summed E-state index contributed by atoms with van der Waals surface area (Å²) in [6.07, 6.45) is 1.29. The zero-order valence-corrected chi connectivity index (χ0v) is 11.7. The summed E-state index contributed by atoms with van der Waals surface area (Å²) < 4.78 is 0. The molecular weight excluding hydrogens is 236 g/mol. The number of benzene rings is 1. The van der Waals surface area contributed by atoms with Crippen LogP contribution in [0.2, 0.25) is 0 Å². The van der Waals surface area contributed by atoms with Crippen LogP contribution < -0.4 is 4.90 Å². The normalized spacial score (nSPS) is 12.2. The minimum Gasteiger partial charge on any atom is -0.387 e. The number of aromatic nitrogens is 1. The lowest BCUT2D eigenvalue weighted by Gasteiger charge is -2.23. The van der Waals surface area contributed by atoms with Gasteiger partial charge >= 0.3 is 0 Å². The van der Waals surface area contributed by atoms with Gasteiger partial charge in [-0.3, -0.25) is 4.98 Å². The number of aryl methyl sites for hydroxylation is 1. The number of hydrogen-bond donors (Lipinski definition) is 1. The van der Waals surface area contributed by atoms with E-state index in [1.165, 1.54) is 5.56 Å². The van der Waals surface area contributed by atoms with Crippen LogP contribution in [-0.4, -0.2) is 16.6 Å². The van der Waals surface area contributed by atoms with E-state index in [1.54, 1.807) is 6.92 Å². The Morgan fingerprint density at radius 2 is 1.74 bits per heavy atom. The molecule has 0 spiro atoms. The van der Waals surface area contributed by atoms with E-state index >= 15 is 0 Å². The Hall–Kier alpha value is -1.87. The SMILES string of the molecule is CCN(c1ccc(C)cc1)c1ccc([C@H](C)O)nc1. The third kappa shape index (κ3) is 3.12. The topological polar surface area (TPSA) is 36.4 Å². The van der Waals surface area contributed by atoms with Crippen LogP contribution in [0.15, 0.2) is 42.6 Å². The van der Waals surface area contributed by atoms with Crippen molar-refractivity contribution in [1.82, 2.24) is 4.98 Å². The molecule has 0 unspecified atom stereocenters. The van der Waals surface area contributed by atoms with E-state index in [1.807, 2.05) is 18.3 Å². The second-order valence-electron chi connectivity index (χ2n) is 4.70. The van der Waals surface area contributed by atoms with Gasteiger partial charge in [0.2, 0.25) is 0 Å². The molecule has 0 saturated heterocycles. The first-order valence-corrected chi connectivity index (χ1v) is 6.60. The Balaban J connectivity index is 2.28. The van der Waals surface area contributed by atoms with Gasteiger partial charge in [0.25, 0.3) is 0 Å². The molecule has 0 fully saturated rings. The molecule has 2 aromatic rings. The van der Waals surface area contributed by atoms with E-state index in [9.17, 15) is 5.11 Å². The van der Waals surface area contributed by atoms with Crippen molar-refractivity contribution in [3.63, 3.8) is 0 Å². The van der Waals surface area contributed by atoms with E-state index in [2.05, 4.69) is 48.0 Å². The van der Waals surface area contributed by atoms with E-state index in [0.717, 1.165) is 17.9 Å². The summed E-state index contributed by atoms with van der Waals surface area (Å²) in [5.41, 5.74) is 4.14. The molecule has 2 rings (SSSR count). The quantitative estimate of drug-likeness (QED) is 0.908. The fraction of sp³-hybridized carbons (Fsp3) is 0.312. The molecule has 100 valence electrons. The Kier molecular flexibility index (Phi) is 4.17. The standard InChI is InChI=1S/C16H20N2O/c1-4-18(14-7-5-12(2)6-8-14)15-9-10-16(13(3)19)17-11-15/h5-11,13,19H,4H2,1-3H3/t13-/m0/s1. The molecule has 0 saturated carbocycles. The second-order valence-corrected chi connectivity index (χ2v) is 4.70. The van der Waals surface area contributed by atoms with Crippen molar-refractivity contribution in [3.05, 3.63) is 53.9 Å². The van der Waals surface area contributed by atoms with E-state index in [0.29, 0.717) is 5.69 Å². The van der Waals surface area contributed by atoms with Crippen LogP contribution >= 0.6 is 0 Å². The van der Waals surface area contributed by atoms with Crippen molar-refractivity contribution in [2.75, 3.05) is 11.4 Å². The highest BCUT2D eigenvalue weighted by Crippen LogP contribution is 2.25. The molecule has 1 heterocycles. The summed E-state index contributed by atoms with van der Waals surface area (Å²) in [6.45, 7) is 6.79. The highest BCUT2D eigenvalue weighted by Gasteiger charge is 2.08. The van der Waals surface area contributed by atoms with Crippen LogP contribution in [0.1, 0.15) is 31.2 Å². The average molecular weight is 256 g/mol. The second kappa shape index (κ2) is 5.85. The van der Waals surface area contributed by atoms with Crippen LogP contribution in [0.5, 0.6) is 0 Å². The van der Waals surface area contributed by atoms with Gasteiger partial charge in [0.15, 0.2) is 0 Å². The predicted molar refractivity (Wildman–Crippen MR) is 78.7 cm³/mol. The third-order valence-electron chi connectivity index (χ3n) is 3.17. The van der Waals surface area contributed by atoms with E-state index in [-0.39, 0.29) is 0 Å². The number of anilines is 2. The van der Waals surface area contributed by atoms with Crippen molar-refractivity contribution in [3.8, 4) is 0 Å². The zero-order valence-electron chi connectivity index (χ0n) is 11.7. The molecule has 0 aliphatic heterocycles. The molecule has 1 aromatic heterocycles. The summed E-state index contributed by atoms with van der Waals surface area (Å²) in [4.78, 5) is 6.49. The Morgan fingerprint density at radius 1 is 1.11 bits per heavy atom. The molecule has 0 aliphatic carbocycles. The summed E-state index contributed by atoms with van der Waals surface area (Å²) in [7, 11) is 0. The highest BCUT2D eigenvalue weighted by atomic mass is 16.3. The lowest BCUT2D eigenvalue weighted by Crippen LogP contribution is -2.16. The molecule has 1 aromatic carbocycles. The molecule has 0 aliphatic rings. The van der Waals surface area contributed by atoms with Gasteiger partial charge < -0.3 is 10.0 Å². The van der Waals surface area contributed by atoms with Crippen molar-refractivity contribution in [2.24, 2.45) is 0 Å². The lowest BCUT2D eigenvalue weighted by molar-refractivity contribution is 0.194. The van der Waals surface area contributed by atoms with Gasteiger partial charge in [-0.25, -0.2) is 0 Å². The highest BCUT2D eigenvalue weighted by molar-refractivity contribution is 5.62. The summed E-state index contributed by atoms with van der Waals surface area (Å²) in [5, 5.41) is 9.48. The number of nitrogens with zero attached hydrogens (tertiary/aromatic N) is 2. The van der Waals surface area contributed by atoms with Crippen molar-refractivity contribution >= 4 is 11.4 Å². The first-order valence-electron chi connectivity index (χ1n) is 6.60. The Labute approximate surface area is 114 Å². The number of pyridine rings is 1. The largest absolute Gasteiger partial charge is 0.387 e. The van der Waals surface area contributed by atoms with Crippen LogP contribution in [0.25, 0.3) is 0 Å². The number of aliphatic hydroxyl groups is 1. The van der Waals surface area contributed by atoms with Crippen LogP contribution in [0, 0.1) is 6.92 Å². The van der Waals surface area contributed by atoms with Gasteiger partial charge in [0.05, 0.1) is 23.7 Å². The van der Waals surface area contributed by atoms with Gasteiger partial charge in [-0.05, 0) is 45.0 Å². The minimum atomic E-state index is -0.525. The molecule has 3 heteroatoms. The van der Waals surface area contributed by atoms with Gasteiger partial charge in [0.1, 0.15) is 0 Å². The maximum atomic E-state index is 9.48. The summed E-state index contributed by atoms with van der Waals surface area (Å²) >= 11 is 0. The summed E-state index contributed by atoms with van der Waals surface area (Å²) in [5.74, 6) is 0.